The molecule has 0 radical (unpaired) electrons. The largest absolute Gasteiger partial charge is 0.393 e. The average Bonchev–Trinajstić information content (AvgIpc) is 2.79. The Hall–Kier alpha value is -3.84. The first kappa shape index (κ1) is 20.4. The minimum absolute atomic E-state index is 0.305. The Morgan fingerprint density at radius 2 is 1.84 bits per heavy atom. The molecule has 4 aromatic rings. The Morgan fingerprint density at radius 1 is 1.06 bits per heavy atom. The highest BCUT2D eigenvalue weighted by Gasteiger charge is 2.18. The maximum atomic E-state index is 12.4. The molecule has 0 bridgehead atoms. The number of nitrogens with two attached hydrogens (primary N) is 1. The number of nitrogens with zero attached hydrogens (tertiary/aromatic N) is 3. The molecule has 4 N–H and O–H groups in total. The normalized spacial score (nSPS) is 10.6. The molecule has 31 heavy (non-hydrogen) atoms. The maximum absolute atomic E-state index is 12.4. The molecule has 0 aliphatic heterocycles. The highest BCUT2D eigenvalue weighted by molar-refractivity contribution is 6.31. The number of nitrogens with one attached hydrogen (secondary N) is 2. The molecule has 0 aliphatic rings. The summed E-state index contributed by atoms with van der Waals surface area (Å²) in [5.74, 6) is 0.496. The number of halogens is 1. The molecule has 0 atom stereocenters. The van der Waals surface area contributed by atoms with Crippen LogP contribution in [0.1, 0.15) is 17.3 Å². The second-order valence-electron chi connectivity index (χ2n) is 6.79. The third kappa shape index (κ3) is 4.22. The minimum atomic E-state index is -0.358. The summed E-state index contributed by atoms with van der Waals surface area (Å²) in [5, 5.41) is 2.69. The summed E-state index contributed by atoms with van der Waals surface area (Å²) in [6.45, 7) is 2.67. The molecule has 7 nitrogen and oxygen atoms in total. The third-order valence-electron chi connectivity index (χ3n) is 4.87. The second kappa shape index (κ2) is 8.89. The van der Waals surface area contributed by atoms with Crippen LogP contribution in [-0.4, -0.2) is 22.4 Å². The Morgan fingerprint density at radius 3 is 2.65 bits per heavy atom. The molecule has 1 amide bonds. The van der Waals surface area contributed by atoms with Gasteiger partial charge in [0.15, 0.2) is 11.6 Å². The van der Waals surface area contributed by atoms with Crippen molar-refractivity contribution in [1.82, 2.24) is 15.4 Å². The predicted molar refractivity (Wildman–Crippen MR) is 126 cm³/mol. The van der Waals surface area contributed by atoms with Gasteiger partial charge in [0.1, 0.15) is 12.0 Å². The first-order chi connectivity index (χ1) is 15.1. The number of benzene rings is 3. The lowest BCUT2D eigenvalue weighted by Gasteiger charge is -2.25. The van der Waals surface area contributed by atoms with Crippen LogP contribution in [0.5, 0.6) is 0 Å². The fraction of sp³-hybridized carbons (Fsp3) is 0.0870. The van der Waals surface area contributed by atoms with Gasteiger partial charge in [-0.1, -0.05) is 54.1 Å². The molecule has 8 heteroatoms. The summed E-state index contributed by atoms with van der Waals surface area (Å²) in [7, 11) is 0. The van der Waals surface area contributed by atoms with Crippen LogP contribution >= 0.6 is 11.6 Å². The SMILES string of the molecule is CCN(c1ncnc(NNC(=O)c2cccc(Cl)c2)c1N)c1cccc2ccccc12. The molecule has 0 saturated carbocycles. The van der Waals surface area contributed by atoms with Crippen molar-refractivity contribution in [3.63, 3.8) is 0 Å². The zero-order chi connectivity index (χ0) is 21.8. The molecule has 1 aromatic heterocycles. The van der Waals surface area contributed by atoms with Gasteiger partial charge >= 0.3 is 0 Å². The number of hydrogen-bond acceptors (Lipinski definition) is 6. The summed E-state index contributed by atoms with van der Waals surface area (Å²) in [4.78, 5) is 23.0. The van der Waals surface area contributed by atoms with E-state index in [-0.39, 0.29) is 5.91 Å². The maximum Gasteiger partial charge on any atom is 0.269 e. The third-order valence-corrected chi connectivity index (χ3v) is 5.11. The van der Waals surface area contributed by atoms with Gasteiger partial charge in [0.25, 0.3) is 5.91 Å². The number of fused-ring (bicyclic) bond motifs is 1. The van der Waals surface area contributed by atoms with Crippen molar-refractivity contribution in [3.8, 4) is 0 Å². The molecule has 156 valence electrons. The quantitative estimate of drug-likeness (QED) is 0.379. The highest BCUT2D eigenvalue weighted by atomic mass is 35.5. The van der Waals surface area contributed by atoms with Crippen LogP contribution in [0.2, 0.25) is 5.02 Å². The van der Waals surface area contributed by atoms with Gasteiger partial charge in [-0.3, -0.25) is 15.6 Å². The Kier molecular flexibility index (Phi) is 5.86. The highest BCUT2D eigenvalue weighted by Crippen LogP contribution is 2.35. The molecule has 3 aromatic carbocycles. The summed E-state index contributed by atoms with van der Waals surface area (Å²) in [6.07, 6.45) is 1.41. The van der Waals surface area contributed by atoms with Crippen molar-refractivity contribution in [2.45, 2.75) is 6.92 Å². The Bertz CT molecular complexity index is 1240. The van der Waals surface area contributed by atoms with E-state index >= 15 is 0 Å². The summed E-state index contributed by atoms with van der Waals surface area (Å²) in [6, 6.07) is 20.9. The fourth-order valence-corrected chi connectivity index (χ4v) is 3.59. The zero-order valence-electron chi connectivity index (χ0n) is 16.8. The summed E-state index contributed by atoms with van der Waals surface area (Å²) in [5.41, 5.74) is 13.5. The van der Waals surface area contributed by atoms with Crippen LogP contribution in [0, 0.1) is 0 Å². The number of hydrogen-bond donors (Lipinski definition) is 3. The van der Waals surface area contributed by atoms with E-state index in [1.807, 2.05) is 36.1 Å². The topological polar surface area (TPSA) is 96.2 Å². The van der Waals surface area contributed by atoms with Crippen LogP contribution in [0.15, 0.2) is 73.1 Å². The van der Waals surface area contributed by atoms with Gasteiger partial charge in [0, 0.05) is 22.5 Å². The van der Waals surface area contributed by atoms with Crippen molar-refractivity contribution in [2.75, 3.05) is 22.6 Å². The predicted octanol–water partition coefficient (Wildman–Crippen LogP) is 4.78. The van der Waals surface area contributed by atoms with Crippen molar-refractivity contribution < 1.29 is 4.79 Å². The van der Waals surface area contributed by atoms with Gasteiger partial charge in [-0.05, 0) is 36.6 Å². The number of hydrazine groups is 1. The number of carbonyl (C=O) groups excluding carboxylic acids is 1. The van der Waals surface area contributed by atoms with E-state index in [1.165, 1.54) is 6.33 Å². The van der Waals surface area contributed by atoms with E-state index in [0.717, 1.165) is 16.5 Å². The standard InChI is InChI=1S/C23H21ClN6O/c1-2-30(19-12-6-8-15-7-3-4-11-18(15)19)22-20(25)21(26-14-27-22)28-29-23(31)16-9-5-10-17(24)13-16/h3-14H,2,25H2,1H3,(H,29,31)(H,26,27,28). The van der Waals surface area contributed by atoms with Gasteiger partial charge in [0.2, 0.25) is 0 Å². The second-order valence-corrected chi connectivity index (χ2v) is 7.23. The summed E-state index contributed by atoms with van der Waals surface area (Å²) >= 11 is 5.96. The van der Waals surface area contributed by atoms with E-state index in [4.69, 9.17) is 17.3 Å². The van der Waals surface area contributed by atoms with Gasteiger partial charge in [-0.25, -0.2) is 9.97 Å². The number of nitrogen functional groups attached to an aromatic ring is 1. The molecule has 4 rings (SSSR count). The van der Waals surface area contributed by atoms with Crippen molar-refractivity contribution >= 4 is 51.3 Å². The first-order valence-electron chi connectivity index (χ1n) is 9.76. The number of anilines is 4. The van der Waals surface area contributed by atoms with Gasteiger partial charge < -0.3 is 10.6 Å². The van der Waals surface area contributed by atoms with E-state index in [2.05, 4.69) is 39.0 Å². The Labute approximate surface area is 184 Å². The van der Waals surface area contributed by atoms with Crippen LogP contribution in [-0.2, 0) is 0 Å². The molecule has 0 aliphatic carbocycles. The molecule has 0 fully saturated rings. The lowest BCUT2D eigenvalue weighted by atomic mass is 10.1. The van der Waals surface area contributed by atoms with Crippen LogP contribution < -0.4 is 21.5 Å². The molecule has 0 saturated heterocycles. The Balaban J connectivity index is 1.62. The van der Waals surface area contributed by atoms with E-state index < -0.39 is 0 Å². The number of carbonyl (C=O) groups is 1. The van der Waals surface area contributed by atoms with Crippen LogP contribution in [0.3, 0.4) is 0 Å². The van der Waals surface area contributed by atoms with Gasteiger partial charge in [0.05, 0.1) is 5.69 Å². The molecular weight excluding hydrogens is 412 g/mol. The summed E-state index contributed by atoms with van der Waals surface area (Å²) < 4.78 is 0. The molecule has 0 spiro atoms. The average molecular weight is 433 g/mol. The van der Waals surface area contributed by atoms with Crippen LogP contribution in [0.25, 0.3) is 10.8 Å². The first-order valence-corrected chi connectivity index (χ1v) is 10.1. The monoisotopic (exact) mass is 432 g/mol. The van der Waals surface area contributed by atoms with E-state index in [0.29, 0.717) is 34.5 Å². The van der Waals surface area contributed by atoms with E-state index in [1.54, 1.807) is 24.3 Å². The number of rotatable bonds is 6. The van der Waals surface area contributed by atoms with Crippen molar-refractivity contribution in [1.29, 1.82) is 0 Å². The zero-order valence-corrected chi connectivity index (χ0v) is 17.6. The van der Waals surface area contributed by atoms with Crippen LogP contribution in [0.4, 0.5) is 23.0 Å². The molecular formula is C23H21ClN6O. The smallest absolute Gasteiger partial charge is 0.269 e. The van der Waals surface area contributed by atoms with Gasteiger partial charge in [-0.2, -0.15) is 0 Å². The lowest BCUT2D eigenvalue weighted by molar-refractivity contribution is 0.0962. The minimum Gasteiger partial charge on any atom is -0.393 e. The lowest BCUT2D eigenvalue weighted by Crippen LogP contribution is -2.30. The van der Waals surface area contributed by atoms with Gasteiger partial charge in [-0.15, -0.1) is 0 Å². The van der Waals surface area contributed by atoms with Crippen molar-refractivity contribution in [3.05, 3.63) is 83.6 Å². The van der Waals surface area contributed by atoms with Crippen molar-refractivity contribution in [2.24, 2.45) is 0 Å². The fourth-order valence-electron chi connectivity index (χ4n) is 3.40. The number of aromatic nitrogens is 2. The molecule has 0 unspecified atom stereocenters. The molecule has 1 heterocycles. The van der Waals surface area contributed by atoms with E-state index in [9.17, 15) is 4.79 Å². The number of amides is 1.